The van der Waals surface area contributed by atoms with Crippen molar-refractivity contribution in [2.75, 3.05) is 6.54 Å². The molecule has 1 fully saturated rings. The molecule has 0 aromatic carbocycles. The second-order valence-corrected chi connectivity index (χ2v) is 7.28. The smallest absolute Gasteiger partial charge is 0.155 e. The number of aliphatic hydroxyl groups excluding tert-OH is 1. The number of hydrogen-bond donors (Lipinski definition) is 2. The van der Waals surface area contributed by atoms with Gasteiger partial charge < -0.3 is 10.4 Å². The average molecular weight is 330 g/mol. The Morgan fingerprint density at radius 2 is 2.12 bits per heavy atom. The predicted octanol–water partition coefficient (Wildman–Crippen LogP) is 3.33. The Balaban J connectivity index is 1.53. The van der Waals surface area contributed by atoms with Crippen LogP contribution in [0.25, 0.3) is 5.65 Å². The molecule has 1 aliphatic rings. The first-order valence-corrected chi connectivity index (χ1v) is 9.29. The third-order valence-corrected chi connectivity index (χ3v) is 5.42. The molecule has 1 aliphatic carbocycles. The van der Waals surface area contributed by atoms with E-state index in [0.717, 1.165) is 42.8 Å². The molecule has 0 aliphatic heterocycles. The van der Waals surface area contributed by atoms with Crippen LogP contribution in [0.2, 0.25) is 0 Å². The molecule has 5 nitrogen and oxygen atoms in total. The third kappa shape index (κ3) is 3.78. The Kier molecular flexibility index (Phi) is 5.51. The fourth-order valence-corrected chi connectivity index (χ4v) is 3.92. The van der Waals surface area contributed by atoms with Gasteiger partial charge in [0.15, 0.2) is 5.65 Å². The Morgan fingerprint density at radius 1 is 1.33 bits per heavy atom. The summed E-state index contributed by atoms with van der Waals surface area (Å²) in [6.45, 7) is 7.25. The van der Waals surface area contributed by atoms with Gasteiger partial charge in [-0.1, -0.05) is 12.8 Å². The normalized spacial score (nSPS) is 22.8. The summed E-state index contributed by atoms with van der Waals surface area (Å²) in [5, 5.41) is 18.2. The molecular weight excluding hydrogens is 300 g/mol. The van der Waals surface area contributed by atoms with Crippen LogP contribution in [0.5, 0.6) is 0 Å². The van der Waals surface area contributed by atoms with Crippen molar-refractivity contribution in [3.63, 3.8) is 0 Å². The van der Waals surface area contributed by atoms with E-state index in [0.29, 0.717) is 5.92 Å². The molecule has 1 saturated carbocycles. The summed E-state index contributed by atoms with van der Waals surface area (Å²) in [6.07, 6.45) is 8.77. The molecule has 2 aromatic rings. The maximum atomic E-state index is 10.1. The minimum absolute atomic E-state index is 0.0759. The Hall–Kier alpha value is -1.46. The standard InChI is InChI=1S/C19H30N4O/c1-13-11-19-21-12-17(15(3)23(19)22-13)14(2)20-10-6-8-16-7-4-5-9-18(16)24/h11-12,14,16,18,20,24H,4-10H2,1-3H3. The summed E-state index contributed by atoms with van der Waals surface area (Å²) < 4.78 is 1.93. The summed E-state index contributed by atoms with van der Waals surface area (Å²) in [5.41, 5.74) is 4.25. The lowest BCUT2D eigenvalue weighted by atomic mass is 9.83. The van der Waals surface area contributed by atoms with Crippen molar-refractivity contribution < 1.29 is 5.11 Å². The molecule has 3 rings (SSSR count). The molecule has 0 radical (unpaired) electrons. The molecule has 2 N–H and O–H groups in total. The fraction of sp³-hybridized carbons (Fsp3) is 0.684. The molecule has 3 unspecified atom stereocenters. The molecule has 132 valence electrons. The van der Waals surface area contributed by atoms with Crippen LogP contribution in [0.1, 0.15) is 68.4 Å². The summed E-state index contributed by atoms with van der Waals surface area (Å²) in [4.78, 5) is 4.52. The summed E-state index contributed by atoms with van der Waals surface area (Å²) in [5.74, 6) is 0.502. The largest absolute Gasteiger partial charge is 0.393 e. The quantitative estimate of drug-likeness (QED) is 0.798. The molecule has 0 saturated heterocycles. The Bertz CT molecular complexity index is 681. The monoisotopic (exact) mass is 330 g/mol. The van der Waals surface area contributed by atoms with E-state index in [-0.39, 0.29) is 12.1 Å². The Labute approximate surface area is 144 Å². The first kappa shape index (κ1) is 17.4. The summed E-state index contributed by atoms with van der Waals surface area (Å²) in [6, 6.07) is 2.26. The van der Waals surface area contributed by atoms with Gasteiger partial charge in [0.1, 0.15) is 0 Å². The van der Waals surface area contributed by atoms with E-state index >= 15 is 0 Å². The average Bonchev–Trinajstić information content (AvgIpc) is 2.94. The van der Waals surface area contributed by atoms with Crippen LogP contribution in [0.4, 0.5) is 0 Å². The van der Waals surface area contributed by atoms with Crippen LogP contribution in [0.3, 0.4) is 0 Å². The van der Waals surface area contributed by atoms with E-state index in [1.54, 1.807) is 0 Å². The number of rotatable bonds is 6. The second-order valence-electron chi connectivity index (χ2n) is 7.28. The van der Waals surface area contributed by atoms with Crippen molar-refractivity contribution in [1.82, 2.24) is 19.9 Å². The maximum Gasteiger partial charge on any atom is 0.155 e. The van der Waals surface area contributed by atoms with E-state index in [4.69, 9.17) is 0 Å². The van der Waals surface area contributed by atoms with Crippen LogP contribution in [0.15, 0.2) is 12.3 Å². The predicted molar refractivity (Wildman–Crippen MR) is 96.1 cm³/mol. The first-order valence-electron chi connectivity index (χ1n) is 9.29. The number of aliphatic hydroxyl groups is 1. The zero-order chi connectivity index (χ0) is 17.1. The van der Waals surface area contributed by atoms with Crippen LogP contribution < -0.4 is 5.32 Å². The van der Waals surface area contributed by atoms with Crippen LogP contribution in [-0.4, -0.2) is 32.4 Å². The van der Waals surface area contributed by atoms with E-state index in [1.807, 2.05) is 23.7 Å². The highest BCUT2D eigenvalue weighted by molar-refractivity contribution is 5.42. The third-order valence-electron chi connectivity index (χ3n) is 5.42. The second kappa shape index (κ2) is 7.62. The van der Waals surface area contributed by atoms with Crippen LogP contribution in [0, 0.1) is 19.8 Å². The van der Waals surface area contributed by atoms with Crippen molar-refractivity contribution in [1.29, 1.82) is 0 Å². The highest BCUT2D eigenvalue weighted by atomic mass is 16.3. The van der Waals surface area contributed by atoms with Crippen molar-refractivity contribution in [2.45, 2.75) is 71.4 Å². The van der Waals surface area contributed by atoms with Gasteiger partial charge in [-0.25, -0.2) is 9.50 Å². The van der Waals surface area contributed by atoms with E-state index in [1.165, 1.54) is 24.8 Å². The minimum atomic E-state index is -0.0759. The highest BCUT2D eigenvalue weighted by Gasteiger charge is 2.22. The van der Waals surface area contributed by atoms with Gasteiger partial charge in [-0.05, 0) is 58.9 Å². The van der Waals surface area contributed by atoms with Crippen molar-refractivity contribution >= 4 is 5.65 Å². The van der Waals surface area contributed by atoms with Crippen LogP contribution >= 0.6 is 0 Å². The van der Waals surface area contributed by atoms with Gasteiger partial charge in [-0.3, -0.25) is 0 Å². The van der Waals surface area contributed by atoms with Gasteiger partial charge in [-0.2, -0.15) is 5.10 Å². The molecule has 3 atom stereocenters. The molecule has 5 heteroatoms. The van der Waals surface area contributed by atoms with Crippen molar-refractivity contribution in [2.24, 2.45) is 5.92 Å². The number of nitrogens with zero attached hydrogens (tertiary/aromatic N) is 3. The van der Waals surface area contributed by atoms with E-state index in [2.05, 4.69) is 29.2 Å². The number of fused-ring (bicyclic) bond motifs is 1. The minimum Gasteiger partial charge on any atom is -0.393 e. The highest BCUT2D eigenvalue weighted by Crippen LogP contribution is 2.27. The van der Waals surface area contributed by atoms with Gasteiger partial charge in [0, 0.05) is 29.6 Å². The van der Waals surface area contributed by atoms with Gasteiger partial charge >= 0.3 is 0 Å². The molecule has 2 heterocycles. The van der Waals surface area contributed by atoms with Crippen molar-refractivity contribution in [3.8, 4) is 0 Å². The van der Waals surface area contributed by atoms with E-state index < -0.39 is 0 Å². The molecule has 0 spiro atoms. The molecule has 2 aromatic heterocycles. The Morgan fingerprint density at radius 3 is 2.92 bits per heavy atom. The van der Waals surface area contributed by atoms with Gasteiger partial charge in [0.25, 0.3) is 0 Å². The lowest BCUT2D eigenvalue weighted by molar-refractivity contribution is 0.0642. The SMILES string of the molecule is Cc1cc2ncc(C(C)NCCCC3CCCCC3O)c(C)n2n1. The molecule has 0 amide bonds. The fourth-order valence-electron chi connectivity index (χ4n) is 3.92. The number of aryl methyl sites for hydroxylation is 2. The first-order chi connectivity index (χ1) is 11.6. The number of aromatic nitrogens is 3. The molecule has 24 heavy (non-hydrogen) atoms. The maximum absolute atomic E-state index is 10.1. The summed E-state index contributed by atoms with van der Waals surface area (Å²) in [7, 11) is 0. The lowest BCUT2D eigenvalue weighted by Crippen LogP contribution is -2.26. The van der Waals surface area contributed by atoms with Gasteiger partial charge in [0.2, 0.25) is 0 Å². The van der Waals surface area contributed by atoms with Gasteiger partial charge in [0.05, 0.1) is 11.8 Å². The van der Waals surface area contributed by atoms with Crippen molar-refractivity contribution in [3.05, 3.63) is 29.2 Å². The van der Waals surface area contributed by atoms with E-state index in [9.17, 15) is 5.11 Å². The zero-order valence-corrected chi connectivity index (χ0v) is 15.1. The lowest BCUT2D eigenvalue weighted by Gasteiger charge is -2.27. The summed E-state index contributed by atoms with van der Waals surface area (Å²) >= 11 is 0. The number of hydrogen-bond acceptors (Lipinski definition) is 4. The zero-order valence-electron chi connectivity index (χ0n) is 15.1. The molecular formula is C19H30N4O. The topological polar surface area (TPSA) is 62.5 Å². The van der Waals surface area contributed by atoms with Crippen LogP contribution in [-0.2, 0) is 0 Å². The van der Waals surface area contributed by atoms with Gasteiger partial charge in [-0.15, -0.1) is 0 Å². The molecule has 0 bridgehead atoms. The number of nitrogens with one attached hydrogen (secondary N) is 1.